The Labute approximate surface area is 250 Å². The molecule has 5 rings (SSSR count). The van der Waals surface area contributed by atoms with Crippen molar-refractivity contribution in [1.29, 1.82) is 0 Å². The fourth-order valence-electron chi connectivity index (χ4n) is 5.72. The molecule has 2 fully saturated rings. The van der Waals surface area contributed by atoms with Crippen LogP contribution in [0.3, 0.4) is 0 Å². The van der Waals surface area contributed by atoms with Gasteiger partial charge < -0.3 is 23.7 Å². The number of imidazole rings is 1. The molecular formula is C34H45N3O5. The van der Waals surface area contributed by atoms with Crippen molar-refractivity contribution in [3.63, 3.8) is 0 Å². The second-order valence-corrected chi connectivity index (χ2v) is 11.3. The van der Waals surface area contributed by atoms with Gasteiger partial charge in [-0.3, -0.25) is 4.79 Å². The van der Waals surface area contributed by atoms with E-state index in [9.17, 15) is 9.59 Å². The summed E-state index contributed by atoms with van der Waals surface area (Å²) in [6.07, 6.45) is 7.85. The van der Waals surface area contributed by atoms with Crippen molar-refractivity contribution < 1.29 is 23.8 Å². The average Bonchev–Trinajstić information content (AvgIpc) is 3.59. The predicted octanol–water partition coefficient (Wildman–Crippen LogP) is 5.16. The van der Waals surface area contributed by atoms with Gasteiger partial charge in [0.15, 0.2) is 0 Å². The third-order valence-corrected chi connectivity index (χ3v) is 8.25. The van der Waals surface area contributed by atoms with Gasteiger partial charge in [0, 0.05) is 44.6 Å². The molecule has 0 amide bonds. The first kappa shape index (κ1) is 31.4. The van der Waals surface area contributed by atoms with Gasteiger partial charge in [-0.2, -0.15) is 0 Å². The van der Waals surface area contributed by atoms with E-state index in [-0.39, 0.29) is 24.0 Å². The lowest BCUT2D eigenvalue weighted by molar-refractivity contribution is -0.176. The van der Waals surface area contributed by atoms with E-state index in [1.165, 1.54) is 0 Å². The molecule has 2 aromatic carbocycles. The van der Waals surface area contributed by atoms with Crippen LogP contribution in [0.4, 0.5) is 0 Å². The molecule has 0 radical (unpaired) electrons. The minimum Gasteiger partial charge on any atom is -0.465 e. The molecule has 0 unspecified atom stereocenters. The standard InChI is InChI=1S/C23H29NO3.C11H16N2O2/c1-3-18-26-23(19-10-6-4-7-11-19,20-12-8-5-9-13-20)22(25)27-21-14-16-24(2)17-15-21;1-3-10-8(6-15-11(10)14)4-9-5-12-7-13(9)2/h4-13,21H,3,14-18H2,1-2H3;5,7-8,10H,3-4,6H2,1-2H3/t;8-,10-/m.0/s1. The molecule has 42 heavy (non-hydrogen) atoms. The van der Waals surface area contributed by atoms with Gasteiger partial charge in [0.05, 0.1) is 18.9 Å². The first-order valence-electron chi connectivity index (χ1n) is 15.1. The van der Waals surface area contributed by atoms with Crippen LogP contribution in [0, 0.1) is 11.8 Å². The van der Waals surface area contributed by atoms with Crippen LogP contribution in [-0.4, -0.2) is 65.8 Å². The number of aryl methyl sites for hydroxylation is 1. The Hall–Kier alpha value is -3.49. The zero-order valence-electron chi connectivity index (χ0n) is 25.4. The number of hydrogen-bond donors (Lipinski definition) is 0. The van der Waals surface area contributed by atoms with Crippen molar-refractivity contribution in [2.24, 2.45) is 18.9 Å². The van der Waals surface area contributed by atoms with Crippen molar-refractivity contribution >= 4 is 11.9 Å². The van der Waals surface area contributed by atoms with E-state index in [2.05, 4.69) is 16.9 Å². The molecular weight excluding hydrogens is 530 g/mol. The number of esters is 2. The Morgan fingerprint density at radius 2 is 1.62 bits per heavy atom. The first-order chi connectivity index (χ1) is 20.4. The maximum absolute atomic E-state index is 13.6. The van der Waals surface area contributed by atoms with Crippen LogP contribution in [0.2, 0.25) is 0 Å². The molecule has 2 atom stereocenters. The highest BCUT2D eigenvalue weighted by Gasteiger charge is 2.46. The minimum absolute atomic E-state index is 0.0373. The Balaban J connectivity index is 0.000000227. The zero-order chi connectivity index (χ0) is 30.0. The van der Waals surface area contributed by atoms with Gasteiger partial charge in [0.25, 0.3) is 0 Å². The number of hydrogen-bond acceptors (Lipinski definition) is 7. The Morgan fingerprint density at radius 1 is 1.00 bits per heavy atom. The number of carbonyl (C=O) groups excluding carboxylic acids is 2. The van der Waals surface area contributed by atoms with Gasteiger partial charge in [-0.1, -0.05) is 74.5 Å². The molecule has 2 aliphatic heterocycles. The number of carbonyl (C=O) groups is 2. The monoisotopic (exact) mass is 575 g/mol. The van der Waals surface area contributed by atoms with Crippen LogP contribution in [0.15, 0.2) is 73.2 Å². The highest BCUT2D eigenvalue weighted by molar-refractivity contribution is 5.86. The molecule has 226 valence electrons. The Kier molecular flexibility index (Phi) is 11.3. The van der Waals surface area contributed by atoms with E-state index < -0.39 is 5.60 Å². The van der Waals surface area contributed by atoms with Crippen LogP contribution in [0.25, 0.3) is 0 Å². The van der Waals surface area contributed by atoms with Crippen molar-refractivity contribution in [1.82, 2.24) is 14.5 Å². The van der Waals surface area contributed by atoms with Crippen LogP contribution in [0.1, 0.15) is 56.4 Å². The molecule has 0 N–H and O–H groups in total. The van der Waals surface area contributed by atoms with E-state index in [0.29, 0.717) is 19.1 Å². The first-order valence-corrected chi connectivity index (χ1v) is 15.1. The predicted molar refractivity (Wildman–Crippen MR) is 162 cm³/mol. The number of likely N-dealkylation sites (tertiary alicyclic amines) is 1. The molecule has 0 aliphatic carbocycles. The second kappa shape index (κ2) is 15.1. The van der Waals surface area contributed by atoms with E-state index in [4.69, 9.17) is 14.2 Å². The molecule has 8 nitrogen and oxygen atoms in total. The van der Waals surface area contributed by atoms with Gasteiger partial charge in [0.1, 0.15) is 6.10 Å². The lowest BCUT2D eigenvalue weighted by atomic mass is 9.85. The third-order valence-electron chi connectivity index (χ3n) is 8.25. The summed E-state index contributed by atoms with van der Waals surface area (Å²) >= 11 is 0. The minimum atomic E-state index is -1.23. The maximum atomic E-state index is 13.6. The SMILES string of the molecule is CCCOC(C(=O)OC1CCN(C)CC1)(c1ccccc1)c1ccccc1.CC[C@@H]1C(=O)OC[C@@H]1Cc1cncn1C. The van der Waals surface area contributed by atoms with Crippen molar-refractivity contribution in [2.75, 3.05) is 33.4 Å². The molecule has 2 saturated heterocycles. The van der Waals surface area contributed by atoms with E-state index in [0.717, 1.165) is 62.0 Å². The van der Waals surface area contributed by atoms with Gasteiger partial charge in [0.2, 0.25) is 5.60 Å². The van der Waals surface area contributed by atoms with E-state index in [1.807, 2.05) is 92.3 Å². The fourth-order valence-corrected chi connectivity index (χ4v) is 5.72. The number of nitrogens with zero attached hydrogens (tertiary/aromatic N) is 3. The lowest BCUT2D eigenvalue weighted by Gasteiger charge is -2.36. The highest BCUT2D eigenvalue weighted by Crippen LogP contribution is 2.36. The third kappa shape index (κ3) is 7.47. The van der Waals surface area contributed by atoms with Crippen LogP contribution in [0.5, 0.6) is 0 Å². The van der Waals surface area contributed by atoms with E-state index in [1.54, 1.807) is 6.33 Å². The van der Waals surface area contributed by atoms with E-state index >= 15 is 0 Å². The number of ether oxygens (including phenoxy) is 3. The van der Waals surface area contributed by atoms with Crippen molar-refractivity contribution in [2.45, 2.75) is 57.7 Å². The summed E-state index contributed by atoms with van der Waals surface area (Å²) in [5.41, 5.74) is 1.55. The quantitative estimate of drug-likeness (QED) is 0.309. The summed E-state index contributed by atoms with van der Waals surface area (Å²) in [5, 5.41) is 0. The summed E-state index contributed by atoms with van der Waals surface area (Å²) in [4.78, 5) is 31.3. The summed E-state index contributed by atoms with van der Waals surface area (Å²) < 4.78 is 19.4. The number of benzene rings is 2. The normalized spacial score (nSPS) is 19.6. The van der Waals surface area contributed by atoms with Crippen molar-refractivity contribution in [3.8, 4) is 0 Å². The molecule has 0 spiro atoms. The Bertz CT molecular complexity index is 1210. The Morgan fingerprint density at radius 3 is 2.14 bits per heavy atom. The second-order valence-electron chi connectivity index (χ2n) is 11.3. The summed E-state index contributed by atoms with van der Waals surface area (Å²) in [5.74, 6) is 0.0328. The topological polar surface area (TPSA) is 82.9 Å². The van der Waals surface area contributed by atoms with Crippen LogP contribution >= 0.6 is 0 Å². The smallest absolute Gasteiger partial charge is 0.348 e. The molecule has 1 aromatic heterocycles. The van der Waals surface area contributed by atoms with Gasteiger partial charge in [-0.05, 0) is 50.3 Å². The van der Waals surface area contributed by atoms with Crippen molar-refractivity contribution in [3.05, 3.63) is 90.0 Å². The average molecular weight is 576 g/mol. The number of cyclic esters (lactones) is 1. The molecule has 8 heteroatoms. The maximum Gasteiger partial charge on any atom is 0.348 e. The van der Waals surface area contributed by atoms with Crippen LogP contribution < -0.4 is 0 Å². The highest BCUT2D eigenvalue weighted by atomic mass is 16.6. The zero-order valence-corrected chi connectivity index (χ0v) is 25.4. The summed E-state index contributed by atoms with van der Waals surface area (Å²) in [6.45, 7) is 7.00. The summed E-state index contributed by atoms with van der Waals surface area (Å²) in [6, 6.07) is 19.4. The molecule has 3 aromatic rings. The van der Waals surface area contributed by atoms with Crippen LogP contribution in [-0.2, 0) is 42.9 Å². The van der Waals surface area contributed by atoms with Gasteiger partial charge in [-0.25, -0.2) is 9.78 Å². The molecule has 3 heterocycles. The van der Waals surface area contributed by atoms with Gasteiger partial charge in [-0.15, -0.1) is 0 Å². The lowest BCUT2D eigenvalue weighted by Crippen LogP contribution is -2.45. The molecule has 0 saturated carbocycles. The number of piperidine rings is 1. The molecule has 0 bridgehead atoms. The number of rotatable bonds is 10. The molecule has 2 aliphatic rings. The largest absolute Gasteiger partial charge is 0.465 e. The van der Waals surface area contributed by atoms with Gasteiger partial charge >= 0.3 is 11.9 Å². The summed E-state index contributed by atoms with van der Waals surface area (Å²) in [7, 11) is 4.07. The number of aromatic nitrogens is 2. The fraction of sp³-hybridized carbons (Fsp3) is 0.500.